The highest BCUT2D eigenvalue weighted by atomic mass is 32.2. The number of hydrogen-bond donors (Lipinski definition) is 2. The quantitative estimate of drug-likeness (QED) is 0.332. The fraction of sp³-hybridized carbons (Fsp3) is 0.130. The second-order valence-corrected chi connectivity index (χ2v) is 9.61. The summed E-state index contributed by atoms with van der Waals surface area (Å²) in [6.45, 7) is 0.527. The molecule has 5 rings (SSSR count). The van der Waals surface area contributed by atoms with Crippen LogP contribution in [-0.4, -0.2) is 40.8 Å². The van der Waals surface area contributed by atoms with Crippen LogP contribution in [0.25, 0.3) is 22.1 Å². The van der Waals surface area contributed by atoms with Gasteiger partial charge in [-0.1, -0.05) is 30.3 Å². The zero-order valence-electron chi connectivity index (χ0n) is 18.1. The lowest BCUT2D eigenvalue weighted by Gasteiger charge is -2.14. The number of hydrogen-bond acceptors (Lipinski definition) is 9. The first-order chi connectivity index (χ1) is 16.5. The second kappa shape index (κ2) is 9.20. The summed E-state index contributed by atoms with van der Waals surface area (Å²) in [6, 6.07) is 19.9. The van der Waals surface area contributed by atoms with Crippen LogP contribution in [0.2, 0.25) is 0 Å². The average Bonchev–Trinajstić information content (AvgIpc) is 3.33. The Morgan fingerprint density at radius 1 is 0.853 bits per heavy atom. The van der Waals surface area contributed by atoms with Gasteiger partial charge >= 0.3 is 0 Å². The summed E-state index contributed by atoms with van der Waals surface area (Å²) in [6.07, 6.45) is 0.703. The molecule has 0 saturated heterocycles. The van der Waals surface area contributed by atoms with Gasteiger partial charge in [0.05, 0.1) is 29.9 Å². The third kappa shape index (κ3) is 4.47. The summed E-state index contributed by atoms with van der Waals surface area (Å²) in [7, 11) is -2.36. The lowest BCUT2D eigenvalue weighted by atomic mass is 10.1. The molecule has 0 aliphatic carbocycles. The molecule has 0 radical (unpaired) electrons. The Bertz CT molecular complexity index is 1570. The molecule has 34 heavy (non-hydrogen) atoms. The average molecular weight is 493 g/mol. The van der Waals surface area contributed by atoms with Crippen molar-refractivity contribution in [3.8, 4) is 5.75 Å². The van der Waals surface area contributed by atoms with Gasteiger partial charge < -0.3 is 10.1 Å². The van der Waals surface area contributed by atoms with Crippen molar-refractivity contribution in [3.05, 3.63) is 72.3 Å². The summed E-state index contributed by atoms with van der Waals surface area (Å²) in [5.74, 6) is 1.26. The van der Waals surface area contributed by atoms with Gasteiger partial charge in [0, 0.05) is 6.54 Å². The van der Waals surface area contributed by atoms with Gasteiger partial charge in [-0.3, -0.25) is 4.72 Å². The van der Waals surface area contributed by atoms with Gasteiger partial charge in [-0.25, -0.2) is 18.4 Å². The van der Waals surface area contributed by atoms with Crippen molar-refractivity contribution in [2.24, 2.45) is 0 Å². The molecule has 0 spiro atoms. The Kier molecular flexibility index (Phi) is 5.95. The standard InChI is InChI=1S/C23H20N6O3S2/c1-32-16-11-9-15(10-12-16)13-14-24-22-23(26-18-6-3-2-5-17(18)25-22)29-34(30,31)20-8-4-7-19-21(20)28-33-27-19/h2-12H,13-14H2,1H3,(H,24,25)(H,26,29). The van der Waals surface area contributed by atoms with E-state index in [-0.39, 0.29) is 10.7 Å². The highest BCUT2D eigenvalue weighted by Gasteiger charge is 2.22. The molecular formula is C23H20N6O3S2. The third-order valence-corrected chi connectivity index (χ3v) is 7.12. The first kappa shape index (κ1) is 22.0. The van der Waals surface area contributed by atoms with Gasteiger partial charge in [-0.2, -0.15) is 8.75 Å². The van der Waals surface area contributed by atoms with Gasteiger partial charge in [0.1, 0.15) is 21.7 Å². The molecule has 5 aromatic rings. The van der Waals surface area contributed by atoms with Crippen LogP contribution in [-0.2, 0) is 16.4 Å². The van der Waals surface area contributed by atoms with E-state index in [1.165, 1.54) is 6.07 Å². The van der Waals surface area contributed by atoms with Crippen molar-refractivity contribution >= 4 is 55.5 Å². The number of sulfonamides is 1. The summed E-state index contributed by atoms with van der Waals surface area (Å²) >= 11 is 0.965. The molecule has 11 heteroatoms. The molecule has 0 saturated carbocycles. The van der Waals surface area contributed by atoms with E-state index in [4.69, 9.17) is 4.74 Å². The maximum absolute atomic E-state index is 13.3. The molecule has 0 atom stereocenters. The summed E-state index contributed by atoms with van der Waals surface area (Å²) in [5, 5.41) is 3.23. The van der Waals surface area contributed by atoms with Crippen LogP contribution >= 0.6 is 11.7 Å². The summed E-state index contributed by atoms with van der Waals surface area (Å²) in [4.78, 5) is 9.19. The molecule has 0 unspecified atom stereocenters. The van der Waals surface area contributed by atoms with Crippen LogP contribution in [0, 0.1) is 0 Å². The van der Waals surface area contributed by atoms with Crippen LogP contribution in [0.5, 0.6) is 5.75 Å². The lowest BCUT2D eigenvalue weighted by Crippen LogP contribution is -2.17. The molecule has 2 heterocycles. The summed E-state index contributed by atoms with van der Waals surface area (Å²) in [5.41, 5.74) is 3.18. The van der Waals surface area contributed by atoms with Crippen LogP contribution in [0.1, 0.15) is 5.56 Å². The van der Waals surface area contributed by atoms with Gasteiger partial charge in [0.25, 0.3) is 10.0 Å². The Morgan fingerprint density at radius 2 is 1.56 bits per heavy atom. The van der Waals surface area contributed by atoms with E-state index in [0.717, 1.165) is 23.0 Å². The third-order valence-electron chi connectivity index (χ3n) is 5.21. The van der Waals surface area contributed by atoms with Crippen molar-refractivity contribution < 1.29 is 13.2 Å². The largest absolute Gasteiger partial charge is 0.497 e. The highest BCUT2D eigenvalue weighted by molar-refractivity contribution is 7.93. The molecule has 0 bridgehead atoms. The number of ether oxygens (including phenoxy) is 1. The van der Waals surface area contributed by atoms with Gasteiger partial charge in [0.2, 0.25) is 0 Å². The van der Waals surface area contributed by atoms with E-state index in [2.05, 4.69) is 28.8 Å². The number of nitrogens with one attached hydrogen (secondary N) is 2. The van der Waals surface area contributed by atoms with Crippen molar-refractivity contribution in [1.82, 2.24) is 18.7 Å². The van der Waals surface area contributed by atoms with Crippen molar-refractivity contribution in [2.45, 2.75) is 11.3 Å². The Morgan fingerprint density at radius 3 is 2.29 bits per heavy atom. The van der Waals surface area contributed by atoms with E-state index in [0.29, 0.717) is 40.9 Å². The minimum Gasteiger partial charge on any atom is -0.497 e. The van der Waals surface area contributed by atoms with Crippen molar-refractivity contribution in [2.75, 3.05) is 23.7 Å². The smallest absolute Gasteiger partial charge is 0.265 e. The molecule has 3 aromatic carbocycles. The molecule has 0 fully saturated rings. The lowest BCUT2D eigenvalue weighted by molar-refractivity contribution is 0.414. The Labute approximate surface area is 200 Å². The van der Waals surface area contributed by atoms with Gasteiger partial charge in [-0.05, 0) is 48.4 Å². The number of methoxy groups -OCH3 is 1. The van der Waals surface area contributed by atoms with Crippen LogP contribution in [0.4, 0.5) is 11.6 Å². The maximum Gasteiger partial charge on any atom is 0.265 e. The zero-order valence-corrected chi connectivity index (χ0v) is 19.7. The minimum atomic E-state index is -3.99. The van der Waals surface area contributed by atoms with Crippen LogP contribution in [0.15, 0.2) is 71.6 Å². The van der Waals surface area contributed by atoms with E-state index in [1.807, 2.05) is 42.5 Å². The SMILES string of the molecule is COc1ccc(CCNc2nc3ccccc3nc2NS(=O)(=O)c2cccc3nsnc23)cc1. The Hall–Kier alpha value is -3.83. The molecule has 0 amide bonds. The molecule has 0 aliphatic heterocycles. The predicted octanol–water partition coefficient (Wildman–Crippen LogP) is 4.10. The van der Waals surface area contributed by atoms with Crippen LogP contribution in [0.3, 0.4) is 0 Å². The number of anilines is 2. The topological polar surface area (TPSA) is 119 Å². The first-order valence-corrected chi connectivity index (χ1v) is 12.6. The number of rotatable bonds is 8. The van der Waals surface area contributed by atoms with E-state index < -0.39 is 10.0 Å². The number of fused-ring (bicyclic) bond motifs is 2. The predicted molar refractivity (Wildman–Crippen MR) is 133 cm³/mol. The molecule has 172 valence electrons. The van der Waals surface area contributed by atoms with Gasteiger partial charge in [-0.15, -0.1) is 0 Å². The van der Waals surface area contributed by atoms with E-state index in [9.17, 15) is 8.42 Å². The van der Waals surface area contributed by atoms with Crippen molar-refractivity contribution in [3.63, 3.8) is 0 Å². The fourth-order valence-electron chi connectivity index (χ4n) is 3.49. The summed E-state index contributed by atoms with van der Waals surface area (Å²) < 4.78 is 42.6. The molecule has 2 N–H and O–H groups in total. The fourth-order valence-corrected chi connectivity index (χ4v) is 5.27. The second-order valence-electron chi connectivity index (χ2n) is 7.43. The first-order valence-electron chi connectivity index (χ1n) is 10.4. The number of nitrogens with zero attached hydrogens (tertiary/aromatic N) is 4. The Balaban J connectivity index is 1.44. The van der Waals surface area contributed by atoms with Crippen molar-refractivity contribution in [1.29, 1.82) is 0 Å². The number of benzene rings is 3. The molecular weight excluding hydrogens is 472 g/mol. The number of para-hydroxylation sites is 2. The van der Waals surface area contributed by atoms with E-state index in [1.54, 1.807) is 25.3 Å². The normalized spacial score (nSPS) is 11.6. The molecule has 9 nitrogen and oxygen atoms in total. The van der Waals surface area contributed by atoms with E-state index >= 15 is 0 Å². The molecule has 2 aromatic heterocycles. The van der Waals surface area contributed by atoms with Gasteiger partial charge in [0.15, 0.2) is 11.6 Å². The highest BCUT2D eigenvalue weighted by Crippen LogP contribution is 2.27. The number of aromatic nitrogens is 4. The zero-order chi connectivity index (χ0) is 23.5. The minimum absolute atomic E-state index is 0.0397. The molecule has 0 aliphatic rings. The maximum atomic E-state index is 13.3. The van der Waals surface area contributed by atoms with Crippen LogP contribution < -0.4 is 14.8 Å². The monoisotopic (exact) mass is 492 g/mol.